The molecule has 1 amide bonds. The van der Waals surface area contributed by atoms with Crippen LogP contribution < -0.4 is 10.1 Å². The Kier molecular flexibility index (Phi) is 4.85. The van der Waals surface area contributed by atoms with Crippen molar-refractivity contribution in [1.29, 1.82) is 0 Å². The topological polar surface area (TPSA) is 119 Å². The van der Waals surface area contributed by atoms with Gasteiger partial charge in [-0.05, 0) is 26.8 Å². The summed E-state index contributed by atoms with van der Waals surface area (Å²) in [6, 6.07) is 3.96. The average Bonchev–Trinajstić information content (AvgIpc) is 2.37. The fourth-order valence-electron chi connectivity index (χ4n) is 1.58. The minimum absolute atomic E-state index is 0.0328. The van der Waals surface area contributed by atoms with E-state index in [4.69, 9.17) is 9.84 Å². The number of hydrogen-bond acceptors (Lipinski definition) is 5. The molecule has 1 aromatic carbocycles. The molecule has 0 bridgehead atoms. The zero-order valence-corrected chi connectivity index (χ0v) is 11.9. The Morgan fingerprint density at radius 2 is 2.05 bits per heavy atom. The van der Waals surface area contributed by atoms with Gasteiger partial charge in [-0.3, -0.25) is 14.9 Å². The van der Waals surface area contributed by atoms with Gasteiger partial charge in [0.05, 0.1) is 11.5 Å². The molecule has 0 unspecified atom stereocenters. The molecule has 0 radical (unpaired) electrons. The number of carbonyl (C=O) groups excluding carboxylic acids is 1. The van der Waals surface area contributed by atoms with Gasteiger partial charge in [0.25, 0.3) is 11.6 Å². The fourth-order valence-corrected chi connectivity index (χ4v) is 1.58. The van der Waals surface area contributed by atoms with Crippen LogP contribution >= 0.6 is 0 Å². The van der Waals surface area contributed by atoms with E-state index in [0.29, 0.717) is 0 Å². The number of benzene rings is 1. The fraction of sp³-hybridized carbons (Fsp3) is 0.385. The number of ether oxygens (including phenoxy) is 1. The second-order valence-electron chi connectivity index (χ2n) is 4.72. The van der Waals surface area contributed by atoms with Crippen LogP contribution in [0.2, 0.25) is 0 Å². The molecule has 0 atom stereocenters. The maximum absolute atomic E-state index is 12.2. The van der Waals surface area contributed by atoms with Gasteiger partial charge in [0.15, 0.2) is 5.56 Å². The van der Waals surface area contributed by atoms with Crippen LogP contribution in [0.1, 0.15) is 31.1 Å². The lowest BCUT2D eigenvalue weighted by Crippen LogP contribution is -2.49. The van der Waals surface area contributed by atoms with Gasteiger partial charge in [-0.25, -0.2) is 4.79 Å². The molecule has 8 nitrogen and oxygen atoms in total. The highest BCUT2D eigenvalue weighted by atomic mass is 16.6. The first kappa shape index (κ1) is 16.4. The monoisotopic (exact) mass is 296 g/mol. The van der Waals surface area contributed by atoms with E-state index in [-0.39, 0.29) is 17.9 Å². The van der Waals surface area contributed by atoms with E-state index < -0.39 is 28.0 Å². The SMILES string of the molecule is CCOc1cccc([N+](=O)[O-])c1C(=O)NC(C)(C)C(=O)O. The number of nitro benzene ring substituents is 1. The number of nitro groups is 1. The largest absolute Gasteiger partial charge is 0.493 e. The lowest BCUT2D eigenvalue weighted by molar-refractivity contribution is -0.385. The molecule has 0 aliphatic heterocycles. The minimum Gasteiger partial charge on any atom is -0.493 e. The van der Waals surface area contributed by atoms with Crippen molar-refractivity contribution < 1.29 is 24.4 Å². The third kappa shape index (κ3) is 3.68. The Hall–Kier alpha value is -2.64. The van der Waals surface area contributed by atoms with Crippen molar-refractivity contribution in [3.05, 3.63) is 33.9 Å². The predicted octanol–water partition coefficient (Wildman–Crippen LogP) is 1.59. The van der Waals surface area contributed by atoms with E-state index >= 15 is 0 Å². The first-order valence-electron chi connectivity index (χ1n) is 6.16. The summed E-state index contributed by atoms with van der Waals surface area (Å²) in [6.45, 7) is 4.44. The van der Waals surface area contributed by atoms with E-state index in [9.17, 15) is 19.7 Å². The van der Waals surface area contributed by atoms with Crippen molar-refractivity contribution >= 4 is 17.6 Å². The maximum Gasteiger partial charge on any atom is 0.328 e. The quantitative estimate of drug-likeness (QED) is 0.607. The van der Waals surface area contributed by atoms with Crippen LogP contribution in [0, 0.1) is 10.1 Å². The Labute approximate surface area is 120 Å². The number of nitrogens with zero attached hydrogens (tertiary/aromatic N) is 1. The molecule has 21 heavy (non-hydrogen) atoms. The summed E-state index contributed by atoms with van der Waals surface area (Å²) in [4.78, 5) is 33.6. The first-order valence-corrected chi connectivity index (χ1v) is 6.16. The van der Waals surface area contributed by atoms with Crippen molar-refractivity contribution in [2.75, 3.05) is 6.61 Å². The number of nitrogens with one attached hydrogen (secondary N) is 1. The van der Waals surface area contributed by atoms with Crippen LogP contribution in [0.25, 0.3) is 0 Å². The number of hydrogen-bond donors (Lipinski definition) is 2. The molecule has 0 heterocycles. The number of carbonyl (C=O) groups is 2. The Morgan fingerprint density at radius 1 is 1.43 bits per heavy atom. The second-order valence-corrected chi connectivity index (χ2v) is 4.72. The summed E-state index contributed by atoms with van der Waals surface area (Å²) in [6.07, 6.45) is 0. The molecule has 0 saturated heterocycles. The number of carboxylic acid groups (broad SMARTS) is 1. The van der Waals surface area contributed by atoms with Crippen LogP contribution in [0.4, 0.5) is 5.69 Å². The summed E-state index contributed by atoms with van der Waals surface area (Å²) in [5.74, 6) is -2.10. The molecule has 1 rings (SSSR count). The lowest BCUT2D eigenvalue weighted by atomic mass is 10.0. The predicted molar refractivity (Wildman–Crippen MR) is 73.4 cm³/mol. The summed E-state index contributed by atoms with van der Waals surface area (Å²) in [7, 11) is 0. The number of aliphatic carboxylic acids is 1. The summed E-state index contributed by atoms with van der Waals surface area (Å²) in [5.41, 5.74) is -2.30. The second kappa shape index (κ2) is 6.21. The smallest absolute Gasteiger partial charge is 0.328 e. The van der Waals surface area contributed by atoms with Crippen LogP contribution in [-0.4, -0.2) is 34.1 Å². The molecule has 0 fully saturated rings. The van der Waals surface area contributed by atoms with Crippen molar-refractivity contribution in [3.8, 4) is 5.75 Å². The van der Waals surface area contributed by atoms with Gasteiger partial charge in [-0.15, -0.1) is 0 Å². The van der Waals surface area contributed by atoms with Gasteiger partial charge >= 0.3 is 5.97 Å². The van der Waals surface area contributed by atoms with E-state index in [1.165, 1.54) is 26.0 Å². The lowest BCUT2D eigenvalue weighted by Gasteiger charge is -2.21. The van der Waals surface area contributed by atoms with Gasteiger partial charge in [0.2, 0.25) is 0 Å². The first-order chi connectivity index (χ1) is 9.70. The minimum atomic E-state index is -1.57. The Balaban J connectivity index is 3.29. The molecule has 0 aliphatic rings. The maximum atomic E-state index is 12.2. The highest BCUT2D eigenvalue weighted by Crippen LogP contribution is 2.28. The molecular formula is C13H16N2O6. The van der Waals surface area contributed by atoms with Gasteiger partial charge in [0, 0.05) is 6.07 Å². The highest BCUT2D eigenvalue weighted by molar-refractivity contribution is 6.03. The third-order valence-corrected chi connectivity index (χ3v) is 2.69. The van der Waals surface area contributed by atoms with E-state index in [0.717, 1.165) is 6.07 Å². The van der Waals surface area contributed by atoms with Crippen LogP contribution in [0.5, 0.6) is 5.75 Å². The highest BCUT2D eigenvalue weighted by Gasteiger charge is 2.33. The standard InChI is InChI=1S/C13H16N2O6/c1-4-21-9-7-5-6-8(15(19)20)10(9)11(16)14-13(2,3)12(17)18/h5-7H,4H2,1-3H3,(H,14,16)(H,17,18). The zero-order chi connectivity index (χ0) is 16.2. The van der Waals surface area contributed by atoms with Crippen LogP contribution in [0.15, 0.2) is 18.2 Å². The molecule has 2 N–H and O–H groups in total. The molecule has 114 valence electrons. The van der Waals surface area contributed by atoms with Crippen molar-refractivity contribution in [2.24, 2.45) is 0 Å². The molecule has 8 heteroatoms. The molecule has 0 saturated carbocycles. The molecule has 0 aliphatic carbocycles. The van der Waals surface area contributed by atoms with Crippen molar-refractivity contribution in [1.82, 2.24) is 5.32 Å². The third-order valence-electron chi connectivity index (χ3n) is 2.69. The normalized spacial score (nSPS) is 10.8. The number of carboxylic acids is 1. The zero-order valence-electron chi connectivity index (χ0n) is 11.9. The average molecular weight is 296 g/mol. The van der Waals surface area contributed by atoms with E-state index in [1.54, 1.807) is 6.92 Å². The van der Waals surface area contributed by atoms with E-state index in [1.807, 2.05) is 0 Å². The summed E-state index contributed by atoms with van der Waals surface area (Å²) >= 11 is 0. The van der Waals surface area contributed by atoms with Crippen molar-refractivity contribution in [3.63, 3.8) is 0 Å². The van der Waals surface area contributed by atoms with Gasteiger partial charge in [-0.1, -0.05) is 6.07 Å². The molecule has 0 spiro atoms. The summed E-state index contributed by atoms with van der Waals surface area (Å²) in [5, 5.41) is 22.3. The van der Waals surface area contributed by atoms with E-state index in [2.05, 4.69) is 5.32 Å². The van der Waals surface area contributed by atoms with Crippen LogP contribution in [0.3, 0.4) is 0 Å². The van der Waals surface area contributed by atoms with Crippen molar-refractivity contribution in [2.45, 2.75) is 26.3 Å². The molecular weight excluding hydrogens is 280 g/mol. The van der Waals surface area contributed by atoms with Gasteiger partial charge in [-0.2, -0.15) is 0 Å². The Bertz CT molecular complexity index is 582. The van der Waals surface area contributed by atoms with Gasteiger partial charge < -0.3 is 15.2 Å². The number of amides is 1. The van der Waals surface area contributed by atoms with Gasteiger partial charge in [0.1, 0.15) is 11.3 Å². The Morgan fingerprint density at radius 3 is 2.52 bits per heavy atom. The van der Waals surface area contributed by atoms with Crippen LogP contribution in [-0.2, 0) is 4.79 Å². The molecule has 1 aromatic rings. The summed E-state index contributed by atoms with van der Waals surface area (Å²) < 4.78 is 5.21. The molecule has 0 aromatic heterocycles. The number of rotatable bonds is 6.